The Morgan fingerprint density at radius 1 is 1.07 bits per heavy atom. The molecular formula is C21H29IN4O3S. The van der Waals surface area contributed by atoms with Gasteiger partial charge in [-0.15, -0.1) is 24.0 Å². The third-order valence-electron chi connectivity index (χ3n) is 4.90. The number of anilines is 1. The number of nitrogens with one attached hydrogen (secondary N) is 1. The molecule has 0 atom stereocenters. The summed E-state index contributed by atoms with van der Waals surface area (Å²) in [6.07, 6.45) is 1.21. The molecule has 1 aliphatic rings. The van der Waals surface area contributed by atoms with E-state index in [0.29, 0.717) is 17.2 Å². The minimum absolute atomic E-state index is 0. The molecule has 0 unspecified atom stereocenters. The predicted octanol–water partition coefficient (Wildman–Crippen LogP) is 2.70. The number of sulfone groups is 1. The van der Waals surface area contributed by atoms with E-state index < -0.39 is 9.84 Å². The highest BCUT2D eigenvalue weighted by Crippen LogP contribution is 2.27. The molecule has 0 bridgehead atoms. The summed E-state index contributed by atoms with van der Waals surface area (Å²) in [6.45, 7) is 6.47. The molecular weight excluding hydrogens is 515 g/mol. The number of aliphatic imine (C=N–C) groups is 1. The van der Waals surface area contributed by atoms with Crippen molar-refractivity contribution in [1.82, 2.24) is 10.2 Å². The molecule has 1 fully saturated rings. The molecule has 1 heterocycles. The molecule has 9 heteroatoms. The first kappa shape index (κ1) is 24.3. The minimum Gasteiger partial charge on any atom is -0.506 e. The average Bonchev–Trinajstić information content (AvgIpc) is 2.71. The molecule has 2 N–H and O–H groups in total. The zero-order valence-corrected chi connectivity index (χ0v) is 20.4. The lowest BCUT2D eigenvalue weighted by atomic mass is 10.2. The van der Waals surface area contributed by atoms with Crippen LogP contribution in [0.3, 0.4) is 0 Å². The van der Waals surface area contributed by atoms with E-state index >= 15 is 0 Å². The van der Waals surface area contributed by atoms with Crippen LogP contribution < -0.4 is 10.2 Å². The lowest BCUT2D eigenvalue weighted by Crippen LogP contribution is -2.52. The molecule has 7 nitrogen and oxygen atoms in total. The van der Waals surface area contributed by atoms with Crippen LogP contribution in [0, 0.1) is 0 Å². The van der Waals surface area contributed by atoms with Gasteiger partial charge < -0.3 is 20.2 Å². The van der Waals surface area contributed by atoms with E-state index in [1.54, 1.807) is 30.3 Å². The van der Waals surface area contributed by atoms with Gasteiger partial charge in [-0.3, -0.25) is 0 Å². The summed E-state index contributed by atoms with van der Waals surface area (Å²) in [4.78, 5) is 9.44. The van der Waals surface area contributed by atoms with Crippen molar-refractivity contribution in [1.29, 1.82) is 0 Å². The normalized spacial score (nSPS) is 14.9. The largest absolute Gasteiger partial charge is 0.506 e. The van der Waals surface area contributed by atoms with Gasteiger partial charge in [-0.1, -0.05) is 24.3 Å². The van der Waals surface area contributed by atoms with Crippen molar-refractivity contribution in [2.24, 2.45) is 4.99 Å². The highest BCUT2D eigenvalue weighted by atomic mass is 127. The Bertz CT molecular complexity index is 956. The number of piperazine rings is 1. The zero-order valence-electron chi connectivity index (χ0n) is 17.3. The topological polar surface area (TPSA) is 85.2 Å². The number of phenols is 1. The van der Waals surface area contributed by atoms with Crippen molar-refractivity contribution in [3.8, 4) is 5.75 Å². The lowest BCUT2D eigenvalue weighted by Gasteiger charge is -2.37. The molecule has 0 amide bonds. The van der Waals surface area contributed by atoms with Crippen molar-refractivity contribution in [2.45, 2.75) is 18.4 Å². The van der Waals surface area contributed by atoms with Gasteiger partial charge in [0.25, 0.3) is 0 Å². The summed E-state index contributed by atoms with van der Waals surface area (Å²) in [5.74, 6) is 1.15. The van der Waals surface area contributed by atoms with E-state index in [9.17, 15) is 13.5 Å². The van der Waals surface area contributed by atoms with Crippen molar-refractivity contribution < 1.29 is 13.5 Å². The van der Waals surface area contributed by atoms with E-state index in [2.05, 4.69) is 15.1 Å². The molecule has 1 aliphatic heterocycles. The van der Waals surface area contributed by atoms with E-state index in [1.165, 1.54) is 6.26 Å². The van der Waals surface area contributed by atoms with Crippen LogP contribution in [0.1, 0.15) is 12.5 Å². The van der Waals surface area contributed by atoms with Crippen molar-refractivity contribution >= 4 is 45.5 Å². The number of para-hydroxylation sites is 2. The number of hydrogen-bond donors (Lipinski definition) is 2. The first-order valence-corrected chi connectivity index (χ1v) is 11.6. The van der Waals surface area contributed by atoms with Crippen molar-refractivity contribution in [2.75, 3.05) is 43.9 Å². The SMILES string of the molecule is CCNC(=NCc1ccc(S(C)(=O)=O)cc1)N1CCN(c2ccccc2O)CC1.I. The van der Waals surface area contributed by atoms with E-state index in [4.69, 9.17) is 4.99 Å². The number of benzene rings is 2. The van der Waals surface area contributed by atoms with Crippen molar-refractivity contribution in [3.63, 3.8) is 0 Å². The predicted molar refractivity (Wildman–Crippen MR) is 132 cm³/mol. The second kappa shape index (κ2) is 10.9. The minimum atomic E-state index is -3.19. The lowest BCUT2D eigenvalue weighted by molar-refractivity contribution is 0.369. The van der Waals surface area contributed by atoms with Crippen LogP contribution in [0.2, 0.25) is 0 Å². The van der Waals surface area contributed by atoms with Gasteiger partial charge in [0.1, 0.15) is 5.75 Å². The van der Waals surface area contributed by atoms with Crippen LogP contribution in [-0.2, 0) is 16.4 Å². The molecule has 2 aromatic rings. The Hall–Kier alpha value is -2.01. The maximum absolute atomic E-state index is 11.6. The Kier molecular flexibility index (Phi) is 8.78. The number of halogens is 1. The van der Waals surface area contributed by atoms with E-state index in [1.807, 2.05) is 25.1 Å². The average molecular weight is 544 g/mol. The second-order valence-electron chi connectivity index (χ2n) is 7.05. The van der Waals surface area contributed by atoms with Gasteiger partial charge in [-0.25, -0.2) is 13.4 Å². The van der Waals surface area contributed by atoms with Crippen LogP contribution >= 0.6 is 24.0 Å². The van der Waals surface area contributed by atoms with Crippen LogP contribution in [0.25, 0.3) is 0 Å². The molecule has 1 saturated heterocycles. The summed E-state index contributed by atoms with van der Waals surface area (Å²) < 4.78 is 23.2. The second-order valence-corrected chi connectivity index (χ2v) is 9.06. The van der Waals surface area contributed by atoms with Gasteiger partial charge >= 0.3 is 0 Å². The van der Waals surface area contributed by atoms with Crippen molar-refractivity contribution in [3.05, 3.63) is 54.1 Å². The summed E-state index contributed by atoms with van der Waals surface area (Å²) in [6, 6.07) is 14.3. The summed E-state index contributed by atoms with van der Waals surface area (Å²) >= 11 is 0. The standard InChI is InChI=1S/C21H28N4O3S.HI/c1-3-22-21(23-16-17-8-10-18(11-9-17)29(2,27)28)25-14-12-24(13-15-25)19-6-4-5-7-20(19)26;/h4-11,26H,3,12-16H2,1-2H3,(H,22,23);1H. The molecule has 0 radical (unpaired) electrons. The third-order valence-corrected chi connectivity index (χ3v) is 6.03. The van der Waals surface area contributed by atoms with Crippen LogP contribution in [0.15, 0.2) is 58.4 Å². The number of aromatic hydroxyl groups is 1. The van der Waals surface area contributed by atoms with Gasteiger partial charge in [0.2, 0.25) is 0 Å². The first-order valence-electron chi connectivity index (χ1n) is 9.73. The number of rotatable bonds is 5. The summed E-state index contributed by atoms with van der Waals surface area (Å²) in [7, 11) is -3.19. The maximum atomic E-state index is 11.6. The maximum Gasteiger partial charge on any atom is 0.194 e. The molecule has 2 aromatic carbocycles. The first-order chi connectivity index (χ1) is 13.9. The third kappa shape index (κ3) is 6.24. The highest BCUT2D eigenvalue weighted by Gasteiger charge is 2.21. The van der Waals surface area contributed by atoms with Gasteiger partial charge in [0, 0.05) is 39.0 Å². The Morgan fingerprint density at radius 2 is 1.70 bits per heavy atom. The fraction of sp³-hybridized carbons (Fsp3) is 0.381. The zero-order chi connectivity index (χ0) is 20.9. The quantitative estimate of drug-likeness (QED) is 0.342. The van der Waals surface area contributed by atoms with E-state index in [-0.39, 0.29) is 24.0 Å². The van der Waals surface area contributed by atoms with Gasteiger partial charge in [-0.2, -0.15) is 0 Å². The summed E-state index contributed by atoms with van der Waals surface area (Å²) in [5.41, 5.74) is 1.82. The van der Waals surface area contributed by atoms with Crippen LogP contribution in [-0.4, -0.2) is 63.4 Å². The molecule has 164 valence electrons. The Morgan fingerprint density at radius 3 is 2.27 bits per heavy atom. The fourth-order valence-corrected chi connectivity index (χ4v) is 3.96. The van der Waals surface area contributed by atoms with Crippen LogP contribution in [0.4, 0.5) is 5.69 Å². The molecule has 0 aromatic heterocycles. The molecule has 3 rings (SSSR count). The molecule has 0 saturated carbocycles. The molecule has 30 heavy (non-hydrogen) atoms. The Labute approximate surface area is 195 Å². The number of guanidine groups is 1. The van der Waals surface area contributed by atoms with E-state index in [0.717, 1.165) is 49.9 Å². The Balaban J connectivity index is 0.00000320. The fourth-order valence-electron chi connectivity index (χ4n) is 3.32. The van der Waals surface area contributed by atoms with Gasteiger partial charge in [-0.05, 0) is 36.8 Å². The van der Waals surface area contributed by atoms with Crippen LogP contribution in [0.5, 0.6) is 5.75 Å². The summed E-state index contributed by atoms with van der Waals surface area (Å²) in [5, 5.41) is 13.4. The number of phenolic OH excluding ortho intramolecular Hbond substituents is 1. The highest BCUT2D eigenvalue weighted by molar-refractivity contribution is 14.0. The number of nitrogens with zero attached hydrogens (tertiary/aromatic N) is 3. The molecule has 0 spiro atoms. The molecule has 0 aliphatic carbocycles. The van der Waals surface area contributed by atoms with Gasteiger partial charge in [0.15, 0.2) is 15.8 Å². The smallest absolute Gasteiger partial charge is 0.194 e. The van der Waals surface area contributed by atoms with Gasteiger partial charge in [0.05, 0.1) is 17.1 Å². The number of hydrogen-bond acceptors (Lipinski definition) is 5. The monoisotopic (exact) mass is 544 g/mol.